The van der Waals surface area contributed by atoms with Gasteiger partial charge < -0.3 is 19.7 Å². The molecule has 1 aliphatic carbocycles. The molecule has 0 atom stereocenters. The molecule has 0 bridgehead atoms. The SMILES string of the molecule is COc1cc2c(cc1OC1CCCC1)NC(=O)C21CCN(c2ncccn2)CC1. The van der Waals surface area contributed by atoms with Gasteiger partial charge in [0.25, 0.3) is 0 Å². The predicted molar refractivity (Wildman–Crippen MR) is 110 cm³/mol. The standard InChI is InChI=1S/C22H26N4O3/c1-28-18-13-16-17(14-19(18)29-15-5-2-3-6-15)25-20(27)22(16)7-11-26(12-8-22)21-23-9-4-10-24-21/h4,9-10,13-15H,2-3,5-8,11-12H2,1H3,(H,25,27). The molecule has 2 aliphatic heterocycles. The predicted octanol–water partition coefficient (Wildman–Crippen LogP) is 3.30. The first-order valence-electron chi connectivity index (χ1n) is 10.4. The van der Waals surface area contributed by atoms with Gasteiger partial charge in [-0.3, -0.25) is 4.79 Å². The summed E-state index contributed by atoms with van der Waals surface area (Å²) in [6.45, 7) is 1.47. The highest BCUT2D eigenvalue weighted by atomic mass is 16.5. The van der Waals surface area contributed by atoms with E-state index in [4.69, 9.17) is 9.47 Å². The molecule has 1 aromatic heterocycles. The minimum atomic E-state index is -0.528. The molecule has 3 heterocycles. The first-order valence-corrected chi connectivity index (χ1v) is 10.4. The van der Waals surface area contributed by atoms with Gasteiger partial charge in [-0.1, -0.05) is 0 Å². The highest BCUT2D eigenvalue weighted by Gasteiger charge is 2.49. The Morgan fingerprint density at radius 1 is 1.10 bits per heavy atom. The van der Waals surface area contributed by atoms with E-state index in [2.05, 4.69) is 20.2 Å². The molecule has 2 aromatic rings. The Labute approximate surface area is 170 Å². The first-order chi connectivity index (χ1) is 14.2. The highest BCUT2D eigenvalue weighted by molar-refractivity contribution is 6.07. The molecular weight excluding hydrogens is 368 g/mol. The Bertz CT molecular complexity index is 904. The van der Waals surface area contributed by atoms with E-state index >= 15 is 0 Å². The molecule has 7 heteroatoms. The number of carbonyl (C=O) groups is 1. The van der Waals surface area contributed by atoms with Crippen molar-refractivity contribution in [1.29, 1.82) is 0 Å². The first kappa shape index (κ1) is 18.2. The Balaban J connectivity index is 1.42. The van der Waals surface area contributed by atoms with Crippen LogP contribution in [0.1, 0.15) is 44.1 Å². The van der Waals surface area contributed by atoms with Gasteiger partial charge in [-0.05, 0) is 56.2 Å². The van der Waals surface area contributed by atoms with Crippen molar-refractivity contribution in [3.8, 4) is 11.5 Å². The lowest BCUT2D eigenvalue weighted by molar-refractivity contribution is -0.121. The fourth-order valence-electron chi connectivity index (χ4n) is 4.90. The second-order valence-electron chi connectivity index (χ2n) is 8.15. The molecular formula is C22H26N4O3. The molecule has 1 saturated carbocycles. The van der Waals surface area contributed by atoms with Crippen molar-refractivity contribution in [1.82, 2.24) is 9.97 Å². The monoisotopic (exact) mass is 394 g/mol. The Morgan fingerprint density at radius 2 is 1.83 bits per heavy atom. The van der Waals surface area contributed by atoms with E-state index in [1.807, 2.05) is 18.2 Å². The van der Waals surface area contributed by atoms with E-state index in [0.717, 1.165) is 61.7 Å². The molecule has 2 fully saturated rings. The zero-order valence-corrected chi connectivity index (χ0v) is 16.7. The number of hydrogen-bond acceptors (Lipinski definition) is 6. The quantitative estimate of drug-likeness (QED) is 0.858. The van der Waals surface area contributed by atoms with E-state index in [-0.39, 0.29) is 12.0 Å². The Hall–Kier alpha value is -2.83. The number of rotatable bonds is 4. The number of ether oxygens (including phenoxy) is 2. The Morgan fingerprint density at radius 3 is 2.52 bits per heavy atom. The van der Waals surface area contributed by atoms with Crippen molar-refractivity contribution in [3.63, 3.8) is 0 Å². The maximum atomic E-state index is 13.1. The molecule has 0 unspecified atom stereocenters. The van der Waals surface area contributed by atoms with Crippen LogP contribution in [0.15, 0.2) is 30.6 Å². The van der Waals surface area contributed by atoms with Gasteiger partial charge in [-0.2, -0.15) is 0 Å². The summed E-state index contributed by atoms with van der Waals surface area (Å²) in [5.41, 5.74) is 1.35. The molecule has 1 aromatic carbocycles. The number of piperidine rings is 1. The third kappa shape index (κ3) is 3.09. The van der Waals surface area contributed by atoms with Crippen molar-refractivity contribution < 1.29 is 14.3 Å². The van der Waals surface area contributed by atoms with Crippen LogP contribution in [0, 0.1) is 0 Å². The van der Waals surface area contributed by atoms with Crippen LogP contribution in [-0.2, 0) is 10.2 Å². The summed E-state index contributed by atoms with van der Waals surface area (Å²) in [6.07, 6.45) is 9.75. The number of anilines is 2. The second-order valence-corrected chi connectivity index (χ2v) is 8.15. The molecule has 152 valence electrons. The van der Waals surface area contributed by atoms with Crippen LogP contribution >= 0.6 is 0 Å². The molecule has 29 heavy (non-hydrogen) atoms. The van der Waals surface area contributed by atoms with E-state index in [1.54, 1.807) is 19.5 Å². The lowest BCUT2D eigenvalue weighted by Gasteiger charge is -2.38. The van der Waals surface area contributed by atoms with Crippen LogP contribution in [0.25, 0.3) is 0 Å². The van der Waals surface area contributed by atoms with E-state index in [9.17, 15) is 4.79 Å². The van der Waals surface area contributed by atoms with Gasteiger partial charge in [0.1, 0.15) is 0 Å². The highest BCUT2D eigenvalue weighted by Crippen LogP contribution is 2.49. The van der Waals surface area contributed by atoms with Crippen molar-refractivity contribution >= 4 is 17.5 Å². The average Bonchev–Trinajstić information content (AvgIpc) is 3.36. The van der Waals surface area contributed by atoms with Gasteiger partial charge in [-0.15, -0.1) is 0 Å². The number of nitrogens with one attached hydrogen (secondary N) is 1. The largest absolute Gasteiger partial charge is 0.493 e. The minimum Gasteiger partial charge on any atom is -0.493 e. The number of aromatic nitrogens is 2. The maximum absolute atomic E-state index is 13.1. The topological polar surface area (TPSA) is 76.6 Å². The van der Waals surface area contributed by atoms with Crippen LogP contribution in [0.3, 0.4) is 0 Å². The van der Waals surface area contributed by atoms with Gasteiger partial charge in [0.2, 0.25) is 11.9 Å². The number of nitrogens with zero attached hydrogens (tertiary/aromatic N) is 3. The lowest BCUT2D eigenvalue weighted by Crippen LogP contribution is -2.47. The smallest absolute Gasteiger partial charge is 0.235 e. The van der Waals surface area contributed by atoms with Crippen LogP contribution in [0.5, 0.6) is 11.5 Å². The van der Waals surface area contributed by atoms with E-state index in [1.165, 1.54) is 12.8 Å². The molecule has 7 nitrogen and oxygen atoms in total. The van der Waals surface area contributed by atoms with Crippen molar-refractivity contribution in [2.75, 3.05) is 30.4 Å². The van der Waals surface area contributed by atoms with Gasteiger partial charge in [0, 0.05) is 37.2 Å². The normalized spacial score (nSPS) is 20.6. The second kappa shape index (κ2) is 7.21. The fourth-order valence-corrected chi connectivity index (χ4v) is 4.90. The zero-order valence-electron chi connectivity index (χ0n) is 16.7. The molecule has 5 rings (SSSR count). The van der Waals surface area contributed by atoms with Crippen LogP contribution in [0.4, 0.5) is 11.6 Å². The summed E-state index contributed by atoms with van der Waals surface area (Å²) < 4.78 is 11.9. The number of methoxy groups -OCH3 is 1. The molecule has 1 spiro atoms. The van der Waals surface area contributed by atoms with Gasteiger partial charge in [-0.25, -0.2) is 9.97 Å². The van der Waals surface area contributed by atoms with Crippen LogP contribution < -0.4 is 19.7 Å². The van der Waals surface area contributed by atoms with Crippen molar-refractivity contribution in [3.05, 3.63) is 36.2 Å². The summed E-state index contributed by atoms with van der Waals surface area (Å²) in [6, 6.07) is 5.77. The number of fused-ring (bicyclic) bond motifs is 2. The summed E-state index contributed by atoms with van der Waals surface area (Å²) in [5.74, 6) is 2.23. The third-order valence-electron chi connectivity index (χ3n) is 6.55. The van der Waals surface area contributed by atoms with Crippen molar-refractivity contribution in [2.24, 2.45) is 0 Å². The fraction of sp³-hybridized carbons (Fsp3) is 0.500. The van der Waals surface area contributed by atoms with Crippen molar-refractivity contribution in [2.45, 2.75) is 50.0 Å². The van der Waals surface area contributed by atoms with Gasteiger partial charge in [0.15, 0.2) is 11.5 Å². The molecule has 1 amide bonds. The van der Waals surface area contributed by atoms with E-state index < -0.39 is 5.41 Å². The summed E-state index contributed by atoms with van der Waals surface area (Å²) in [4.78, 5) is 23.9. The van der Waals surface area contributed by atoms with Gasteiger partial charge in [0.05, 0.1) is 18.6 Å². The summed E-state index contributed by atoms with van der Waals surface area (Å²) in [5, 5.41) is 3.10. The number of carbonyl (C=O) groups excluding carboxylic acids is 1. The molecule has 3 aliphatic rings. The molecule has 1 saturated heterocycles. The third-order valence-corrected chi connectivity index (χ3v) is 6.55. The number of benzene rings is 1. The molecule has 1 N–H and O–H groups in total. The summed E-state index contributed by atoms with van der Waals surface area (Å²) in [7, 11) is 1.66. The van der Waals surface area contributed by atoms with Crippen LogP contribution in [0.2, 0.25) is 0 Å². The van der Waals surface area contributed by atoms with E-state index in [0.29, 0.717) is 5.75 Å². The number of hydrogen-bond donors (Lipinski definition) is 1. The average molecular weight is 394 g/mol. The maximum Gasteiger partial charge on any atom is 0.235 e. The molecule has 0 radical (unpaired) electrons. The van der Waals surface area contributed by atoms with Crippen LogP contribution in [-0.4, -0.2) is 42.2 Å². The number of amides is 1. The van der Waals surface area contributed by atoms with Gasteiger partial charge >= 0.3 is 0 Å². The lowest BCUT2D eigenvalue weighted by atomic mass is 9.73. The zero-order chi connectivity index (χ0) is 19.8. The summed E-state index contributed by atoms with van der Waals surface area (Å²) >= 11 is 0. The Kier molecular flexibility index (Phi) is 4.53. The minimum absolute atomic E-state index is 0.0706.